The van der Waals surface area contributed by atoms with Crippen molar-refractivity contribution in [2.75, 3.05) is 32.7 Å². The number of carbonyl (C=O) groups excluding carboxylic acids is 1. The molecule has 0 bridgehead atoms. The predicted octanol–water partition coefficient (Wildman–Crippen LogP) is 2.06. The van der Waals surface area contributed by atoms with Crippen molar-refractivity contribution in [3.8, 4) is 0 Å². The first-order chi connectivity index (χ1) is 11.1. The van der Waals surface area contributed by atoms with Gasteiger partial charge < -0.3 is 15.5 Å². The summed E-state index contributed by atoms with van der Waals surface area (Å²) in [6.45, 7) is 8.94. The summed E-state index contributed by atoms with van der Waals surface area (Å²) in [5.41, 5.74) is 1.42. The van der Waals surface area contributed by atoms with E-state index in [-0.39, 0.29) is 11.8 Å². The highest BCUT2D eigenvalue weighted by Crippen LogP contribution is 2.11. The van der Waals surface area contributed by atoms with Crippen LogP contribution in [0.2, 0.25) is 0 Å². The number of hydrogen-bond acceptors (Lipinski definition) is 3. The quantitative estimate of drug-likeness (QED) is 0.721. The molecule has 1 aliphatic heterocycles. The maximum atomic E-state index is 11.5. The first-order valence-electron chi connectivity index (χ1n) is 8.92. The molecule has 2 rings (SSSR count). The third-order valence-electron chi connectivity index (χ3n) is 4.53. The molecule has 0 spiro atoms. The largest absolute Gasteiger partial charge is 0.355 e. The molecule has 4 nitrogen and oxygen atoms in total. The molecule has 1 fully saturated rings. The number of carbonyl (C=O) groups is 1. The third kappa shape index (κ3) is 6.71. The van der Waals surface area contributed by atoms with Gasteiger partial charge >= 0.3 is 0 Å². The normalized spacial score (nSPS) is 16.7. The smallest absolute Gasteiger partial charge is 0.222 e. The molecule has 1 aromatic carbocycles. The van der Waals surface area contributed by atoms with E-state index in [0.29, 0.717) is 6.04 Å². The van der Waals surface area contributed by atoms with Crippen LogP contribution in [0.5, 0.6) is 0 Å². The number of amides is 1. The van der Waals surface area contributed by atoms with Crippen molar-refractivity contribution >= 4 is 5.91 Å². The topological polar surface area (TPSA) is 44.4 Å². The maximum Gasteiger partial charge on any atom is 0.222 e. The van der Waals surface area contributed by atoms with Gasteiger partial charge in [-0.05, 0) is 37.9 Å². The Bertz CT molecular complexity index is 453. The molecule has 1 aromatic rings. The number of rotatable bonds is 8. The summed E-state index contributed by atoms with van der Waals surface area (Å²) in [5.74, 6) is 0.213. The first kappa shape index (κ1) is 18.0. The molecule has 1 amide bonds. The van der Waals surface area contributed by atoms with Crippen molar-refractivity contribution in [2.24, 2.45) is 5.92 Å². The summed E-state index contributed by atoms with van der Waals surface area (Å²) in [4.78, 5) is 14.0. The number of benzene rings is 1. The zero-order chi connectivity index (χ0) is 16.5. The Balaban J connectivity index is 1.54. The molecule has 0 unspecified atom stereocenters. The zero-order valence-electron chi connectivity index (χ0n) is 14.6. The molecule has 0 aromatic heterocycles. The molecular formula is C19H31N3O. The molecule has 4 heteroatoms. The van der Waals surface area contributed by atoms with Gasteiger partial charge in [-0.2, -0.15) is 0 Å². The average molecular weight is 317 g/mol. The molecule has 1 aliphatic rings. The van der Waals surface area contributed by atoms with Gasteiger partial charge in [-0.15, -0.1) is 0 Å². The van der Waals surface area contributed by atoms with Gasteiger partial charge in [0.15, 0.2) is 0 Å². The van der Waals surface area contributed by atoms with Gasteiger partial charge in [-0.1, -0.05) is 44.2 Å². The van der Waals surface area contributed by atoms with Crippen LogP contribution in [0, 0.1) is 5.92 Å². The monoisotopic (exact) mass is 317 g/mol. The number of nitrogens with one attached hydrogen (secondary N) is 2. The fourth-order valence-electron chi connectivity index (χ4n) is 2.96. The Morgan fingerprint density at radius 3 is 2.52 bits per heavy atom. The summed E-state index contributed by atoms with van der Waals surface area (Å²) >= 11 is 0. The average Bonchev–Trinajstić information content (AvgIpc) is 2.58. The van der Waals surface area contributed by atoms with Crippen molar-refractivity contribution in [3.63, 3.8) is 0 Å². The minimum atomic E-state index is 0.0721. The van der Waals surface area contributed by atoms with E-state index in [1.54, 1.807) is 0 Å². The van der Waals surface area contributed by atoms with Gasteiger partial charge in [0, 0.05) is 31.6 Å². The summed E-state index contributed by atoms with van der Waals surface area (Å²) in [6.07, 6.45) is 3.54. The molecule has 1 heterocycles. The van der Waals surface area contributed by atoms with Gasteiger partial charge in [0.1, 0.15) is 0 Å². The highest BCUT2D eigenvalue weighted by Gasteiger charge is 2.18. The Kier molecular flexibility index (Phi) is 7.56. The van der Waals surface area contributed by atoms with Crippen LogP contribution in [0.25, 0.3) is 0 Å². The Morgan fingerprint density at radius 1 is 1.17 bits per heavy atom. The zero-order valence-corrected chi connectivity index (χ0v) is 14.6. The summed E-state index contributed by atoms with van der Waals surface area (Å²) in [6, 6.07) is 11.3. The van der Waals surface area contributed by atoms with Gasteiger partial charge in [0.05, 0.1) is 0 Å². The van der Waals surface area contributed by atoms with E-state index in [4.69, 9.17) is 0 Å². The van der Waals surface area contributed by atoms with E-state index in [0.717, 1.165) is 26.1 Å². The van der Waals surface area contributed by atoms with Crippen LogP contribution in [0.3, 0.4) is 0 Å². The minimum Gasteiger partial charge on any atom is -0.355 e. The molecule has 0 aliphatic carbocycles. The fraction of sp³-hybridized carbons (Fsp3) is 0.632. The lowest BCUT2D eigenvalue weighted by Gasteiger charge is -2.32. The number of piperidine rings is 1. The third-order valence-corrected chi connectivity index (χ3v) is 4.53. The highest BCUT2D eigenvalue weighted by molar-refractivity contribution is 5.77. The van der Waals surface area contributed by atoms with Crippen LogP contribution < -0.4 is 10.6 Å². The molecule has 23 heavy (non-hydrogen) atoms. The molecule has 128 valence electrons. The molecule has 0 atom stereocenters. The summed E-state index contributed by atoms with van der Waals surface area (Å²) in [5, 5.41) is 6.53. The van der Waals surface area contributed by atoms with Crippen LogP contribution in [-0.4, -0.2) is 49.6 Å². The second-order valence-electron chi connectivity index (χ2n) is 6.75. The second kappa shape index (κ2) is 9.68. The standard InChI is InChI=1S/C19H31N3O/c1-16(2)19(23)21-12-11-20-18-9-14-22(15-10-18)13-8-17-6-4-3-5-7-17/h3-7,16,18,20H,8-15H2,1-2H3,(H,21,23). The van der Waals surface area contributed by atoms with E-state index in [1.165, 1.54) is 31.5 Å². The summed E-state index contributed by atoms with van der Waals surface area (Å²) in [7, 11) is 0. The Labute approximate surface area is 140 Å². The van der Waals surface area contributed by atoms with Gasteiger partial charge in [0.2, 0.25) is 5.91 Å². The predicted molar refractivity (Wildman–Crippen MR) is 95.5 cm³/mol. The highest BCUT2D eigenvalue weighted by atomic mass is 16.1. The minimum absolute atomic E-state index is 0.0721. The van der Waals surface area contributed by atoms with Crippen molar-refractivity contribution in [1.29, 1.82) is 0 Å². The SMILES string of the molecule is CC(C)C(=O)NCCNC1CCN(CCc2ccccc2)CC1. The molecule has 2 N–H and O–H groups in total. The maximum absolute atomic E-state index is 11.5. The van der Waals surface area contributed by atoms with E-state index in [1.807, 2.05) is 13.8 Å². The van der Waals surface area contributed by atoms with Crippen LogP contribution >= 0.6 is 0 Å². The molecular weight excluding hydrogens is 286 g/mol. The van der Waals surface area contributed by atoms with E-state index in [9.17, 15) is 4.79 Å². The van der Waals surface area contributed by atoms with Crippen molar-refractivity contribution in [1.82, 2.24) is 15.5 Å². The van der Waals surface area contributed by atoms with Gasteiger partial charge in [-0.3, -0.25) is 4.79 Å². The number of likely N-dealkylation sites (tertiary alicyclic amines) is 1. The lowest BCUT2D eigenvalue weighted by molar-refractivity contribution is -0.123. The van der Waals surface area contributed by atoms with Crippen LogP contribution in [0.4, 0.5) is 0 Å². The van der Waals surface area contributed by atoms with Crippen LogP contribution in [0.15, 0.2) is 30.3 Å². The van der Waals surface area contributed by atoms with Crippen molar-refractivity contribution in [3.05, 3.63) is 35.9 Å². The van der Waals surface area contributed by atoms with Gasteiger partial charge in [-0.25, -0.2) is 0 Å². The van der Waals surface area contributed by atoms with Crippen molar-refractivity contribution in [2.45, 2.75) is 39.2 Å². The molecule has 1 saturated heterocycles. The summed E-state index contributed by atoms with van der Waals surface area (Å²) < 4.78 is 0. The van der Waals surface area contributed by atoms with E-state index < -0.39 is 0 Å². The number of nitrogens with zero attached hydrogens (tertiary/aromatic N) is 1. The first-order valence-corrected chi connectivity index (χ1v) is 8.92. The van der Waals surface area contributed by atoms with Gasteiger partial charge in [0.25, 0.3) is 0 Å². The Morgan fingerprint density at radius 2 is 1.87 bits per heavy atom. The fourth-order valence-corrected chi connectivity index (χ4v) is 2.96. The Hall–Kier alpha value is -1.39. The van der Waals surface area contributed by atoms with E-state index >= 15 is 0 Å². The number of hydrogen-bond donors (Lipinski definition) is 2. The molecule has 0 saturated carbocycles. The molecule has 0 radical (unpaired) electrons. The second-order valence-corrected chi connectivity index (χ2v) is 6.75. The van der Waals surface area contributed by atoms with Crippen LogP contribution in [0.1, 0.15) is 32.3 Å². The lowest BCUT2D eigenvalue weighted by Crippen LogP contribution is -2.45. The van der Waals surface area contributed by atoms with Crippen LogP contribution in [-0.2, 0) is 11.2 Å². The van der Waals surface area contributed by atoms with E-state index in [2.05, 4.69) is 45.9 Å². The van der Waals surface area contributed by atoms with Crippen molar-refractivity contribution < 1.29 is 4.79 Å². The lowest BCUT2D eigenvalue weighted by atomic mass is 10.0.